The number of thioether (sulfide) groups is 1. The molecule has 7 heteroatoms. The molecule has 0 radical (unpaired) electrons. The first kappa shape index (κ1) is 23.7. The number of β-amino-alcohol motifs (C(OH)–C–C–N with tert-alkyl or cyclic N) is 1. The van der Waals surface area contributed by atoms with Crippen molar-refractivity contribution in [1.29, 1.82) is 0 Å². The molecule has 1 saturated carbocycles. The highest BCUT2D eigenvalue weighted by molar-refractivity contribution is 8.08. The lowest BCUT2D eigenvalue weighted by molar-refractivity contribution is -0.132. The minimum atomic E-state index is -0.302. The van der Waals surface area contributed by atoms with Crippen molar-refractivity contribution in [2.45, 2.75) is 65.0 Å². The number of aliphatic hydroxyl groups is 1. The second-order valence-corrected chi connectivity index (χ2v) is 10.8. The Hall–Kier alpha value is -1.99. The van der Waals surface area contributed by atoms with Gasteiger partial charge in [0.15, 0.2) is 0 Å². The lowest BCUT2D eigenvalue weighted by Crippen LogP contribution is -2.32. The van der Waals surface area contributed by atoms with Crippen molar-refractivity contribution in [3.8, 4) is 0 Å². The van der Waals surface area contributed by atoms with Crippen LogP contribution in [0, 0.1) is 5.41 Å². The van der Waals surface area contributed by atoms with Crippen molar-refractivity contribution >= 4 is 29.0 Å². The average molecular weight is 446 g/mol. The molecule has 31 heavy (non-hydrogen) atoms. The maximum Gasteiger partial charge on any atom is 0.223 e. The summed E-state index contributed by atoms with van der Waals surface area (Å²) in [5, 5.41) is 15.5. The molecule has 1 unspecified atom stereocenters. The van der Waals surface area contributed by atoms with Gasteiger partial charge in [-0.15, -0.1) is 11.8 Å². The maximum atomic E-state index is 11.6. The van der Waals surface area contributed by atoms with E-state index in [-0.39, 0.29) is 23.0 Å². The summed E-state index contributed by atoms with van der Waals surface area (Å²) in [6.07, 6.45) is 3.90. The standard InChI is InChI=1S/C14H16N2OS.C10H19NO2/c1-10-13(18-9-15-10)11-2-4-12(5-3-11)14(6-7-14)16-8-17;1-10(2,3)6-9(13)11-5-4-8(12)7-11/h2-5,8,15H,6-7,9H2,1H3,(H,16,17);8,12H,4-7H2,1-3H3. The molecule has 1 aromatic rings. The number of aliphatic hydroxyl groups excluding tert-OH is 1. The molecule has 1 aromatic carbocycles. The van der Waals surface area contributed by atoms with Gasteiger partial charge in [0.05, 0.1) is 17.5 Å². The molecule has 3 aliphatic rings. The van der Waals surface area contributed by atoms with E-state index in [2.05, 4.69) is 62.6 Å². The Kier molecular flexibility index (Phi) is 7.37. The number of hydrogen-bond acceptors (Lipinski definition) is 5. The molecule has 0 bridgehead atoms. The number of hydrogen-bond donors (Lipinski definition) is 3. The molecule has 170 valence electrons. The molecule has 1 aliphatic carbocycles. The van der Waals surface area contributed by atoms with Crippen LogP contribution in [0.1, 0.15) is 64.5 Å². The van der Waals surface area contributed by atoms with Crippen molar-refractivity contribution in [3.63, 3.8) is 0 Å². The monoisotopic (exact) mass is 445 g/mol. The van der Waals surface area contributed by atoms with E-state index in [1.165, 1.54) is 21.7 Å². The Bertz CT molecular complexity index is 825. The Morgan fingerprint density at radius 2 is 2.00 bits per heavy atom. The topological polar surface area (TPSA) is 81.7 Å². The minimum absolute atomic E-state index is 0.0463. The summed E-state index contributed by atoms with van der Waals surface area (Å²) < 4.78 is 0. The van der Waals surface area contributed by atoms with E-state index in [0.717, 1.165) is 38.1 Å². The average Bonchev–Trinajstić information content (AvgIpc) is 3.14. The largest absolute Gasteiger partial charge is 0.391 e. The van der Waals surface area contributed by atoms with Crippen LogP contribution in [-0.2, 0) is 15.1 Å². The molecule has 1 saturated heterocycles. The molecule has 0 aromatic heterocycles. The van der Waals surface area contributed by atoms with Gasteiger partial charge in [-0.2, -0.15) is 0 Å². The van der Waals surface area contributed by atoms with Gasteiger partial charge in [-0.25, -0.2) is 0 Å². The number of carbonyl (C=O) groups excluding carboxylic acids is 2. The van der Waals surface area contributed by atoms with Crippen LogP contribution in [0.15, 0.2) is 30.0 Å². The first-order valence-electron chi connectivity index (χ1n) is 11.0. The highest BCUT2D eigenvalue weighted by Crippen LogP contribution is 2.45. The van der Waals surface area contributed by atoms with E-state index in [1.807, 2.05) is 11.8 Å². The molecule has 2 amide bonds. The van der Waals surface area contributed by atoms with Gasteiger partial charge in [-0.3, -0.25) is 9.59 Å². The van der Waals surface area contributed by atoms with Gasteiger partial charge in [0, 0.05) is 30.1 Å². The predicted molar refractivity (Wildman–Crippen MR) is 126 cm³/mol. The summed E-state index contributed by atoms with van der Waals surface area (Å²) in [7, 11) is 0. The molecule has 3 N–H and O–H groups in total. The number of benzene rings is 1. The number of amides is 2. The molecule has 2 aliphatic heterocycles. The lowest BCUT2D eigenvalue weighted by atomic mass is 9.92. The summed E-state index contributed by atoms with van der Waals surface area (Å²) in [4.78, 5) is 25.3. The third kappa shape index (κ3) is 6.26. The molecular formula is C24H35N3O3S. The van der Waals surface area contributed by atoms with Crippen LogP contribution in [0.3, 0.4) is 0 Å². The highest BCUT2D eigenvalue weighted by Gasteiger charge is 2.43. The summed E-state index contributed by atoms with van der Waals surface area (Å²) >= 11 is 1.84. The fourth-order valence-electron chi connectivity index (χ4n) is 3.93. The zero-order valence-electron chi connectivity index (χ0n) is 19.0. The molecule has 2 fully saturated rings. The fourth-order valence-corrected chi connectivity index (χ4v) is 4.96. The van der Waals surface area contributed by atoms with Gasteiger partial charge in [0.2, 0.25) is 12.3 Å². The number of likely N-dealkylation sites (tertiary alicyclic amines) is 1. The van der Waals surface area contributed by atoms with Crippen molar-refractivity contribution in [1.82, 2.24) is 15.5 Å². The third-order valence-electron chi connectivity index (χ3n) is 5.88. The smallest absolute Gasteiger partial charge is 0.223 e. The van der Waals surface area contributed by atoms with Gasteiger partial charge in [-0.1, -0.05) is 45.0 Å². The van der Waals surface area contributed by atoms with Crippen molar-refractivity contribution in [3.05, 3.63) is 41.1 Å². The molecule has 0 spiro atoms. The van der Waals surface area contributed by atoms with Crippen molar-refractivity contribution in [2.75, 3.05) is 19.0 Å². The van der Waals surface area contributed by atoms with E-state index in [9.17, 15) is 14.7 Å². The normalized spacial score (nSPS) is 21.8. The first-order valence-corrected chi connectivity index (χ1v) is 12.0. The second-order valence-electron chi connectivity index (χ2n) is 9.86. The van der Waals surface area contributed by atoms with Gasteiger partial charge in [0.1, 0.15) is 0 Å². The van der Waals surface area contributed by atoms with Crippen molar-refractivity contribution < 1.29 is 14.7 Å². The van der Waals surface area contributed by atoms with Crippen LogP contribution in [0.25, 0.3) is 4.91 Å². The maximum absolute atomic E-state index is 11.6. The number of nitrogens with zero attached hydrogens (tertiary/aromatic N) is 1. The number of allylic oxidation sites excluding steroid dienone is 1. The van der Waals surface area contributed by atoms with Crippen LogP contribution in [-0.4, -0.2) is 47.4 Å². The van der Waals surface area contributed by atoms with E-state index in [4.69, 9.17) is 0 Å². The Labute approximate surface area is 189 Å². The quantitative estimate of drug-likeness (QED) is 0.605. The molecule has 6 nitrogen and oxygen atoms in total. The second kappa shape index (κ2) is 9.65. The Balaban J connectivity index is 0.000000187. The number of rotatable bonds is 5. The van der Waals surface area contributed by atoms with Gasteiger partial charge >= 0.3 is 0 Å². The van der Waals surface area contributed by atoms with E-state index in [0.29, 0.717) is 13.0 Å². The van der Waals surface area contributed by atoms with Crippen LogP contribution in [0.4, 0.5) is 0 Å². The predicted octanol–water partition coefficient (Wildman–Crippen LogP) is 3.42. The summed E-state index contributed by atoms with van der Waals surface area (Å²) in [5.74, 6) is 1.13. The molecular weight excluding hydrogens is 410 g/mol. The van der Waals surface area contributed by atoms with Gasteiger partial charge in [0.25, 0.3) is 0 Å². The Morgan fingerprint density at radius 1 is 1.32 bits per heavy atom. The fraction of sp³-hybridized carbons (Fsp3) is 0.583. The van der Waals surface area contributed by atoms with E-state index < -0.39 is 0 Å². The third-order valence-corrected chi connectivity index (χ3v) is 7.00. The van der Waals surface area contributed by atoms with Crippen molar-refractivity contribution in [2.24, 2.45) is 5.41 Å². The zero-order chi connectivity index (χ0) is 22.6. The number of nitrogens with one attached hydrogen (secondary N) is 2. The lowest BCUT2D eigenvalue weighted by Gasteiger charge is -2.22. The molecule has 4 rings (SSSR count). The number of carbonyl (C=O) groups is 2. The summed E-state index contributed by atoms with van der Waals surface area (Å²) in [6, 6.07) is 8.58. The first-order chi connectivity index (χ1) is 14.6. The van der Waals surface area contributed by atoms with Crippen LogP contribution < -0.4 is 10.6 Å². The summed E-state index contributed by atoms with van der Waals surface area (Å²) in [6.45, 7) is 9.51. The highest BCUT2D eigenvalue weighted by atomic mass is 32.2. The van der Waals surface area contributed by atoms with Crippen LogP contribution >= 0.6 is 11.8 Å². The van der Waals surface area contributed by atoms with Crippen LogP contribution in [0.2, 0.25) is 0 Å². The SMILES string of the molecule is CC(C)(C)CC(=O)N1CCC(O)C1.CC1=C(c2ccc(C3(NC=O)CC3)cc2)SCN1. The zero-order valence-corrected chi connectivity index (χ0v) is 19.8. The Morgan fingerprint density at radius 3 is 2.45 bits per heavy atom. The van der Waals surface area contributed by atoms with E-state index in [1.54, 1.807) is 4.90 Å². The minimum Gasteiger partial charge on any atom is -0.391 e. The van der Waals surface area contributed by atoms with Gasteiger partial charge < -0.3 is 20.6 Å². The van der Waals surface area contributed by atoms with Crippen LogP contribution in [0.5, 0.6) is 0 Å². The van der Waals surface area contributed by atoms with E-state index >= 15 is 0 Å². The molecule has 1 atom stereocenters. The van der Waals surface area contributed by atoms with Gasteiger partial charge in [-0.05, 0) is 42.7 Å². The summed E-state index contributed by atoms with van der Waals surface area (Å²) in [5.41, 5.74) is 3.69. The molecule has 2 heterocycles.